The molecule has 0 spiro atoms. The lowest BCUT2D eigenvalue weighted by molar-refractivity contribution is -0.553. The summed E-state index contributed by atoms with van der Waals surface area (Å²) in [5.41, 5.74) is 16.2. The van der Waals surface area contributed by atoms with Gasteiger partial charge in [-0.15, -0.1) is 0 Å². The van der Waals surface area contributed by atoms with Crippen LogP contribution in [-0.2, 0) is 0 Å². The van der Waals surface area contributed by atoms with Gasteiger partial charge in [0.2, 0.25) is 0 Å². The van der Waals surface area contributed by atoms with Crippen molar-refractivity contribution in [3.63, 3.8) is 0 Å². The molecule has 0 atom stereocenters. The maximum absolute atomic E-state index is 5.38. The molecule has 0 amide bonds. The molecule has 0 radical (unpaired) electrons. The fourth-order valence-corrected chi connectivity index (χ4v) is 8.77. The molecule has 1 aliphatic rings. The van der Waals surface area contributed by atoms with E-state index in [1.54, 1.807) is 0 Å². The normalized spacial score (nSPS) is 12.1. The molecule has 5 heteroatoms. The van der Waals surface area contributed by atoms with Gasteiger partial charge in [-0.1, -0.05) is 121 Å². The highest BCUT2D eigenvalue weighted by molar-refractivity contribution is 6.24. The maximum Gasteiger partial charge on any atom is 0.292 e. The van der Waals surface area contributed by atoms with Crippen molar-refractivity contribution in [1.29, 1.82) is 0 Å². The maximum atomic E-state index is 5.38. The summed E-state index contributed by atoms with van der Waals surface area (Å²) >= 11 is 0. The molecule has 4 heterocycles. The summed E-state index contributed by atoms with van der Waals surface area (Å²) in [6, 6.07) is 62.5. The van der Waals surface area contributed by atoms with E-state index < -0.39 is 0 Å². The number of H-pyrrole nitrogens is 1. The van der Waals surface area contributed by atoms with Crippen molar-refractivity contribution >= 4 is 54.6 Å². The molecule has 12 rings (SSSR count). The minimum Gasteiger partial charge on any atom is -0.309 e. The third-order valence-corrected chi connectivity index (χ3v) is 11.1. The van der Waals surface area contributed by atoms with Crippen LogP contribution in [0, 0.1) is 0 Å². The van der Waals surface area contributed by atoms with Gasteiger partial charge in [0, 0.05) is 33.2 Å². The van der Waals surface area contributed by atoms with E-state index in [0.29, 0.717) is 0 Å². The van der Waals surface area contributed by atoms with Crippen LogP contribution in [0.1, 0.15) is 0 Å². The Morgan fingerprint density at radius 1 is 0.500 bits per heavy atom. The number of nitrogens with zero attached hydrogens (tertiary/aromatic N) is 4. The van der Waals surface area contributed by atoms with Crippen LogP contribution in [0.25, 0.3) is 111 Å². The van der Waals surface area contributed by atoms with Gasteiger partial charge < -0.3 is 4.57 Å². The van der Waals surface area contributed by atoms with Crippen LogP contribution in [0.2, 0.25) is 0 Å². The van der Waals surface area contributed by atoms with E-state index in [0.717, 1.165) is 66.9 Å². The summed E-state index contributed by atoms with van der Waals surface area (Å²) in [6.07, 6.45) is 0. The molecular formula is C49H30N5+. The van der Waals surface area contributed by atoms with Gasteiger partial charge in [-0.25, -0.2) is 15.0 Å². The van der Waals surface area contributed by atoms with Gasteiger partial charge in [0.1, 0.15) is 5.69 Å². The van der Waals surface area contributed by atoms with Gasteiger partial charge in [-0.3, -0.25) is 0 Å². The number of hydrogen-bond acceptors (Lipinski definition) is 2. The van der Waals surface area contributed by atoms with E-state index >= 15 is 0 Å². The Morgan fingerprint density at radius 2 is 1.17 bits per heavy atom. The van der Waals surface area contributed by atoms with Crippen LogP contribution in [0.4, 0.5) is 0 Å². The highest BCUT2D eigenvalue weighted by Crippen LogP contribution is 2.45. The fourth-order valence-electron chi connectivity index (χ4n) is 8.77. The second-order valence-corrected chi connectivity index (χ2v) is 14.1. The Morgan fingerprint density at radius 3 is 1.94 bits per heavy atom. The fraction of sp³-hybridized carbons (Fsp3) is 0. The first-order chi connectivity index (χ1) is 26.8. The molecule has 54 heavy (non-hydrogen) atoms. The van der Waals surface area contributed by atoms with E-state index in [4.69, 9.17) is 9.97 Å². The van der Waals surface area contributed by atoms with Gasteiger partial charge >= 0.3 is 0 Å². The summed E-state index contributed by atoms with van der Waals surface area (Å²) in [6.45, 7) is 0. The third-order valence-electron chi connectivity index (χ3n) is 11.1. The Balaban J connectivity index is 1.13. The van der Waals surface area contributed by atoms with Crippen LogP contribution in [-0.4, -0.2) is 19.5 Å². The molecule has 0 saturated heterocycles. The van der Waals surface area contributed by atoms with Crippen molar-refractivity contribution < 1.29 is 4.57 Å². The molecule has 0 fully saturated rings. The largest absolute Gasteiger partial charge is 0.309 e. The third kappa shape index (κ3) is 4.06. The predicted molar refractivity (Wildman–Crippen MR) is 220 cm³/mol. The van der Waals surface area contributed by atoms with Crippen molar-refractivity contribution in [3.8, 4) is 56.4 Å². The zero-order valence-corrected chi connectivity index (χ0v) is 29.0. The number of nitrogens with one attached hydrogen (secondary N) is 1. The molecule has 0 unspecified atom stereocenters. The Hall–Kier alpha value is -7.37. The van der Waals surface area contributed by atoms with E-state index in [9.17, 15) is 0 Å². The lowest BCUT2D eigenvalue weighted by atomic mass is 9.99. The van der Waals surface area contributed by atoms with Gasteiger partial charge in [-0.2, -0.15) is 4.57 Å². The molecule has 1 N–H and O–H groups in total. The molecule has 11 aromatic rings. The van der Waals surface area contributed by atoms with Crippen LogP contribution >= 0.6 is 0 Å². The summed E-state index contributed by atoms with van der Waals surface area (Å²) in [4.78, 5) is 14.4. The number of para-hydroxylation sites is 1. The van der Waals surface area contributed by atoms with E-state index in [1.165, 1.54) is 44.1 Å². The first-order valence-corrected chi connectivity index (χ1v) is 18.3. The van der Waals surface area contributed by atoms with Crippen molar-refractivity contribution in [1.82, 2.24) is 19.5 Å². The number of imidazole rings is 1. The molecule has 0 bridgehead atoms. The highest BCUT2D eigenvalue weighted by Gasteiger charge is 2.32. The minimum absolute atomic E-state index is 0.879. The quantitative estimate of drug-likeness (QED) is 0.148. The number of aromatic nitrogens is 5. The molecule has 3 aromatic heterocycles. The Bertz CT molecular complexity index is 3310. The number of rotatable bonds is 4. The average Bonchev–Trinajstić information content (AvgIpc) is 3.76. The number of fused-ring (bicyclic) bond motifs is 6. The second kappa shape index (κ2) is 11.1. The Labute approximate surface area is 310 Å². The van der Waals surface area contributed by atoms with Crippen LogP contribution in [0.5, 0.6) is 0 Å². The molecule has 1 aliphatic heterocycles. The van der Waals surface area contributed by atoms with E-state index in [2.05, 4.69) is 178 Å². The van der Waals surface area contributed by atoms with Crippen LogP contribution in [0.15, 0.2) is 176 Å². The lowest BCUT2D eigenvalue weighted by Crippen LogP contribution is -2.32. The first-order valence-electron chi connectivity index (χ1n) is 18.3. The zero-order valence-electron chi connectivity index (χ0n) is 29.0. The molecule has 8 aromatic carbocycles. The SMILES string of the molecule is c1ccc(-c2nc3ccc4cc(-n5c6cccc7c6c6c5ccc5[nH]c(-c8ccccc8)[n+](c56)-c5ccccc5-7)ccc4c3nc2-c2ccccc2)cc1. The van der Waals surface area contributed by atoms with Crippen LogP contribution < -0.4 is 4.57 Å². The standard InChI is InChI=1S/C49H29N5/c1-4-13-30(14-5-1)45-46(31-15-6-2-7-16-31)52-47-35-25-24-34(29-33(35)23-26-38(47)50-45)53-41-22-12-20-37-36-19-10-11-21-40(36)54-48-39(27-28-42(53)44(48)43(37)41)51-49(54)32-17-8-3-9-18-32/h1-29H/p+1. The lowest BCUT2D eigenvalue weighted by Gasteiger charge is -2.14. The Kier molecular flexibility index (Phi) is 5.99. The summed E-state index contributed by atoms with van der Waals surface area (Å²) in [5, 5.41) is 4.71. The van der Waals surface area contributed by atoms with Crippen molar-refractivity contribution in [2.45, 2.75) is 0 Å². The highest BCUT2D eigenvalue weighted by atomic mass is 15.1. The van der Waals surface area contributed by atoms with Crippen LogP contribution in [0.3, 0.4) is 0 Å². The smallest absolute Gasteiger partial charge is 0.292 e. The topological polar surface area (TPSA) is 50.4 Å². The monoisotopic (exact) mass is 688 g/mol. The van der Waals surface area contributed by atoms with Crippen molar-refractivity contribution in [2.75, 3.05) is 0 Å². The number of hydrogen-bond donors (Lipinski definition) is 1. The zero-order chi connectivity index (χ0) is 35.3. The minimum atomic E-state index is 0.879. The van der Waals surface area contributed by atoms with Crippen molar-refractivity contribution in [2.24, 2.45) is 0 Å². The second-order valence-electron chi connectivity index (χ2n) is 14.1. The van der Waals surface area contributed by atoms with Gasteiger partial charge in [0.15, 0.2) is 11.0 Å². The van der Waals surface area contributed by atoms with Gasteiger partial charge in [-0.05, 0) is 65.5 Å². The van der Waals surface area contributed by atoms with Gasteiger partial charge in [0.05, 0.1) is 44.4 Å². The predicted octanol–water partition coefficient (Wildman–Crippen LogP) is 11.6. The summed E-state index contributed by atoms with van der Waals surface area (Å²) < 4.78 is 4.87. The summed E-state index contributed by atoms with van der Waals surface area (Å²) in [5.74, 6) is 1.07. The van der Waals surface area contributed by atoms with Gasteiger partial charge in [0.25, 0.3) is 5.82 Å². The number of aromatic amines is 1. The molecule has 250 valence electrons. The molecule has 0 aliphatic carbocycles. The van der Waals surface area contributed by atoms with E-state index in [1.807, 2.05) is 12.1 Å². The molecule has 5 nitrogen and oxygen atoms in total. The number of benzene rings is 8. The van der Waals surface area contributed by atoms with E-state index in [-0.39, 0.29) is 0 Å². The summed E-state index contributed by atoms with van der Waals surface area (Å²) in [7, 11) is 0. The average molecular weight is 689 g/mol. The first kappa shape index (κ1) is 29.2. The molecular weight excluding hydrogens is 659 g/mol. The molecule has 0 saturated carbocycles. The van der Waals surface area contributed by atoms with Crippen molar-refractivity contribution in [3.05, 3.63) is 176 Å².